The van der Waals surface area contributed by atoms with E-state index in [4.69, 9.17) is 4.74 Å². The molecular weight excluding hydrogens is 424 g/mol. The fraction of sp³-hybridized carbons (Fsp3) is 0.133. The summed E-state index contributed by atoms with van der Waals surface area (Å²) >= 11 is 0. The highest BCUT2D eigenvalue weighted by molar-refractivity contribution is 5.88. The molecule has 1 N–H and O–H groups in total. The molecule has 4 heteroatoms. The molecule has 0 spiro atoms. The van der Waals surface area contributed by atoms with Crippen LogP contribution in [0.15, 0.2) is 84.9 Å². The van der Waals surface area contributed by atoms with Crippen molar-refractivity contribution in [2.24, 2.45) is 0 Å². The maximum atomic E-state index is 11.9. The van der Waals surface area contributed by atoms with E-state index in [-0.39, 0.29) is 23.7 Å². The number of aromatic carboxylic acids is 1. The molecule has 0 radical (unpaired) electrons. The lowest BCUT2D eigenvalue weighted by Crippen LogP contribution is -2.35. The summed E-state index contributed by atoms with van der Waals surface area (Å²) in [6.45, 7) is 0.465. The summed E-state index contributed by atoms with van der Waals surface area (Å²) in [5, 5.41) is 9.77. The number of benzene rings is 4. The van der Waals surface area contributed by atoms with Crippen molar-refractivity contribution in [1.82, 2.24) is 0 Å². The number of carboxylic acid groups (broad SMARTS) is 1. The monoisotopic (exact) mass is 444 g/mol. The highest BCUT2D eigenvalue weighted by Crippen LogP contribution is 2.64. The second kappa shape index (κ2) is 6.91. The van der Waals surface area contributed by atoms with Crippen molar-refractivity contribution >= 4 is 12.4 Å². The van der Waals surface area contributed by atoms with Gasteiger partial charge in [-0.1, -0.05) is 60.7 Å². The molecule has 0 heterocycles. The molecule has 10 rings (SSSR count). The Labute approximate surface area is 196 Å². The van der Waals surface area contributed by atoms with Crippen molar-refractivity contribution in [2.45, 2.75) is 23.7 Å². The van der Waals surface area contributed by atoms with Crippen molar-refractivity contribution in [3.63, 3.8) is 0 Å². The Hall–Kier alpha value is -4.18. The Morgan fingerprint density at radius 2 is 1.06 bits per heavy atom. The van der Waals surface area contributed by atoms with Crippen molar-refractivity contribution < 1.29 is 19.4 Å². The van der Waals surface area contributed by atoms with Gasteiger partial charge in [0.15, 0.2) is 0 Å². The number of ether oxygens (including phenoxy) is 1. The summed E-state index contributed by atoms with van der Waals surface area (Å²) < 4.78 is 5.25. The molecule has 4 unspecified atom stereocenters. The minimum absolute atomic E-state index is 0.0251. The molecule has 34 heavy (non-hydrogen) atoms. The molecule has 4 aromatic rings. The molecule has 0 saturated carbocycles. The predicted molar refractivity (Wildman–Crippen MR) is 127 cm³/mol. The van der Waals surface area contributed by atoms with Crippen LogP contribution in [-0.2, 0) is 4.79 Å². The molecule has 0 aliphatic heterocycles. The van der Waals surface area contributed by atoms with E-state index in [1.807, 2.05) is 24.3 Å². The lowest BCUT2D eigenvalue weighted by atomic mass is 9.53. The average Bonchev–Trinajstić information content (AvgIpc) is 2.84. The number of carbonyl (C=O) groups is 2. The van der Waals surface area contributed by atoms with E-state index >= 15 is 0 Å². The van der Waals surface area contributed by atoms with Crippen LogP contribution in [-0.4, -0.2) is 17.5 Å². The van der Waals surface area contributed by atoms with Gasteiger partial charge in [0.1, 0.15) is 5.75 Å². The number of hydrogen-bond acceptors (Lipinski definition) is 3. The maximum absolute atomic E-state index is 11.9. The van der Waals surface area contributed by atoms with Crippen LogP contribution in [0.5, 0.6) is 5.75 Å². The molecule has 6 aliphatic rings. The van der Waals surface area contributed by atoms with E-state index < -0.39 is 5.97 Å². The third-order valence-electron chi connectivity index (χ3n) is 7.92. The zero-order valence-corrected chi connectivity index (χ0v) is 18.1. The highest BCUT2D eigenvalue weighted by Gasteiger charge is 2.49. The number of hydrogen-bond donors (Lipinski definition) is 1. The average molecular weight is 444 g/mol. The third kappa shape index (κ3) is 2.43. The standard InChI is InChI=1S/C30H20O4/c31-15-34-17-10-12-23-25(14-17)29-21-8-4-2-6-19(21)27(23)26-18-5-1-3-7-20(18)28(29)24-13-16(30(32)33)9-11-22(24)26/h1-15,26-29H,(H,32,33). The largest absolute Gasteiger partial charge is 0.478 e. The van der Waals surface area contributed by atoms with E-state index in [0.29, 0.717) is 17.8 Å². The lowest BCUT2D eigenvalue weighted by Gasteiger charge is -2.50. The molecule has 164 valence electrons. The quantitative estimate of drug-likeness (QED) is 0.407. The van der Waals surface area contributed by atoms with Crippen LogP contribution in [0.3, 0.4) is 0 Å². The molecular formula is C30H20O4. The van der Waals surface area contributed by atoms with Crippen molar-refractivity contribution in [2.75, 3.05) is 0 Å². The van der Waals surface area contributed by atoms with Gasteiger partial charge in [-0.05, 0) is 68.8 Å². The van der Waals surface area contributed by atoms with Gasteiger partial charge in [0.2, 0.25) is 0 Å². The van der Waals surface area contributed by atoms with E-state index in [0.717, 1.165) is 11.1 Å². The van der Waals surface area contributed by atoms with Gasteiger partial charge in [-0.3, -0.25) is 4.79 Å². The topological polar surface area (TPSA) is 63.6 Å². The van der Waals surface area contributed by atoms with Crippen LogP contribution in [0, 0.1) is 0 Å². The maximum Gasteiger partial charge on any atom is 0.335 e. The molecule has 0 amide bonds. The van der Waals surface area contributed by atoms with Crippen LogP contribution in [0.2, 0.25) is 0 Å². The number of rotatable bonds is 3. The molecule has 6 aliphatic carbocycles. The smallest absolute Gasteiger partial charge is 0.335 e. The number of carboxylic acids is 1. The summed E-state index contributed by atoms with van der Waals surface area (Å²) in [6, 6.07) is 28.8. The molecule has 4 atom stereocenters. The second-order valence-corrected chi connectivity index (χ2v) is 9.32. The van der Waals surface area contributed by atoms with Gasteiger partial charge in [0.25, 0.3) is 6.47 Å². The summed E-state index contributed by atoms with van der Waals surface area (Å²) in [5.41, 5.74) is 10.1. The second-order valence-electron chi connectivity index (χ2n) is 9.32. The fourth-order valence-electron chi connectivity index (χ4n) is 6.76. The zero-order valence-electron chi connectivity index (χ0n) is 18.1. The molecule has 4 bridgehead atoms. The van der Waals surface area contributed by atoms with Crippen LogP contribution in [0.4, 0.5) is 0 Å². The minimum Gasteiger partial charge on any atom is -0.478 e. The van der Waals surface area contributed by atoms with E-state index in [1.165, 1.54) is 33.4 Å². The van der Waals surface area contributed by atoms with Gasteiger partial charge in [0.05, 0.1) is 5.56 Å². The van der Waals surface area contributed by atoms with Crippen LogP contribution >= 0.6 is 0 Å². The van der Waals surface area contributed by atoms with Crippen molar-refractivity contribution in [1.29, 1.82) is 0 Å². The Kier molecular flexibility index (Phi) is 3.92. The highest BCUT2D eigenvalue weighted by atomic mass is 16.5. The Bertz CT molecular complexity index is 1520. The summed E-state index contributed by atoms with van der Waals surface area (Å²) in [6.07, 6.45) is 0. The van der Waals surface area contributed by atoms with Gasteiger partial charge in [-0.15, -0.1) is 0 Å². The van der Waals surface area contributed by atoms with E-state index in [1.54, 1.807) is 6.07 Å². The Morgan fingerprint density at radius 1 is 0.618 bits per heavy atom. The third-order valence-corrected chi connectivity index (χ3v) is 7.92. The first-order valence-corrected chi connectivity index (χ1v) is 11.5. The van der Waals surface area contributed by atoms with Gasteiger partial charge in [-0.25, -0.2) is 4.79 Å². The van der Waals surface area contributed by atoms with Crippen LogP contribution < -0.4 is 4.74 Å². The van der Waals surface area contributed by atoms with Gasteiger partial charge < -0.3 is 9.84 Å². The Morgan fingerprint density at radius 3 is 1.56 bits per heavy atom. The molecule has 0 fully saturated rings. The molecule has 4 aromatic carbocycles. The van der Waals surface area contributed by atoms with Gasteiger partial charge >= 0.3 is 5.97 Å². The van der Waals surface area contributed by atoms with Gasteiger partial charge in [-0.2, -0.15) is 0 Å². The first-order valence-electron chi connectivity index (χ1n) is 11.5. The summed E-state index contributed by atoms with van der Waals surface area (Å²) in [5.74, 6) is -0.325. The first kappa shape index (κ1) is 19.3. The lowest BCUT2D eigenvalue weighted by molar-refractivity contribution is -0.120. The summed E-state index contributed by atoms with van der Waals surface area (Å²) in [7, 11) is 0. The number of carbonyl (C=O) groups excluding carboxylic acids is 1. The van der Waals surface area contributed by atoms with Crippen LogP contribution in [0.1, 0.15) is 78.5 Å². The van der Waals surface area contributed by atoms with Crippen molar-refractivity contribution in [3.8, 4) is 5.75 Å². The normalized spacial score (nSPS) is 22.5. The van der Waals surface area contributed by atoms with E-state index in [2.05, 4.69) is 54.6 Å². The van der Waals surface area contributed by atoms with Crippen LogP contribution in [0.25, 0.3) is 0 Å². The molecule has 4 nitrogen and oxygen atoms in total. The molecule has 0 aromatic heterocycles. The zero-order chi connectivity index (χ0) is 23.0. The minimum atomic E-state index is -0.915. The van der Waals surface area contributed by atoms with Gasteiger partial charge in [0, 0.05) is 23.7 Å². The summed E-state index contributed by atoms with van der Waals surface area (Å²) in [4.78, 5) is 23.0. The molecule has 0 saturated heterocycles. The Balaban J connectivity index is 1.62. The first-order chi connectivity index (χ1) is 16.7. The SMILES string of the molecule is O=COc1ccc2c(c1)C1c3ccccc3C2C2c3ccccc3C1c1cc(C(=O)O)ccc12. The van der Waals surface area contributed by atoms with E-state index in [9.17, 15) is 14.7 Å². The predicted octanol–water partition coefficient (Wildman–Crippen LogP) is 5.79. The van der Waals surface area contributed by atoms with Crippen molar-refractivity contribution in [3.05, 3.63) is 135 Å². The fourth-order valence-corrected chi connectivity index (χ4v) is 6.76.